The molecule has 2 aromatic heterocycles. The van der Waals surface area contributed by atoms with E-state index in [1.807, 2.05) is 10.7 Å². The van der Waals surface area contributed by atoms with Gasteiger partial charge in [-0.2, -0.15) is 10.1 Å². The Morgan fingerprint density at radius 1 is 1.18 bits per heavy atom. The van der Waals surface area contributed by atoms with Crippen LogP contribution in [-0.2, 0) is 17.9 Å². The van der Waals surface area contributed by atoms with Crippen molar-refractivity contribution in [1.82, 2.24) is 29.5 Å². The molecular formula is C28H38N8O2. The number of rotatable bonds is 10. The Labute approximate surface area is 223 Å². The Balaban J connectivity index is 1.13. The largest absolute Gasteiger partial charge is 0.496 e. The van der Waals surface area contributed by atoms with E-state index >= 15 is 0 Å². The molecule has 0 atom stereocenters. The van der Waals surface area contributed by atoms with Crippen LogP contribution in [0.25, 0.3) is 11.0 Å². The number of nitrogens with two attached hydrogens (primary N) is 1. The molecule has 4 heterocycles. The summed E-state index contributed by atoms with van der Waals surface area (Å²) in [7, 11) is 1.70. The normalized spacial score (nSPS) is 18.7. The van der Waals surface area contributed by atoms with Gasteiger partial charge in [0.05, 0.1) is 19.9 Å². The Hall–Kier alpha value is -3.40. The number of nitrogens with zero attached hydrogens (tertiary/aromatic N) is 6. The van der Waals surface area contributed by atoms with Crippen LogP contribution in [0.2, 0.25) is 0 Å². The lowest BCUT2D eigenvalue weighted by molar-refractivity contribution is -0.166. The SMILES string of the molecule is CCCCNc1nc(N)nc2cnn(Cc3cc(CN4CC5(C4)CN(C(=O)C4CCC4)C5)ccc3OC)c12. The van der Waals surface area contributed by atoms with Gasteiger partial charge >= 0.3 is 0 Å². The monoisotopic (exact) mass is 518 g/mol. The highest BCUT2D eigenvalue weighted by Gasteiger charge is 2.53. The van der Waals surface area contributed by atoms with E-state index in [0.29, 0.717) is 29.6 Å². The van der Waals surface area contributed by atoms with Crippen molar-refractivity contribution >= 4 is 28.7 Å². The van der Waals surface area contributed by atoms with Crippen molar-refractivity contribution in [3.63, 3.8) is 0 Å². The third kappa shape index (κ3) is 4.66. The van der Waals surface area contributed by atoms with Crippen molar-refractivity contribution in [1.29, 1.82) is 0 Å². The predicted molar refractivity (Wildman–Crippen MR) is 147 cm³/mol. The molecule has 1 saturated carbocycles. The molecular weight excluding hydrogens is 480 g/mol. The van der Waals surface area contributed by atoms with E-state index in [2.05, 4.69) is 49.2 Å². The first-order chi connectivity index (χ1) is 18.5. The number of anilines is 2. The van der Waals surface area contributed by atoms with Gasteiger partial charge in [-0.1, -0.05) is 25.8 Å². The van der Waals surface area contributed by atoms with Crippen LogP contribution in [0.15, 0.2) is 24.4 Å². The zero-order valence-corrected chi connectivity index (χ0v) is 22.4. The fourth-order valence-electron chi connectivity index (χ4n) is 6.16. The summed E-state index contributed by atoms with van der Waals surface area (Å²) in [5.74, 6) is 2.48. The molecule has 6 rings (SSSR count). The van der Waals surface area contributed by atoms with Gasteiger partial charge in [0, 0.05) is 56.2 Å². The second kappa shape index (κ2) is 10.1. The van der Waals surface area contributed by atoms with Gasteiger partial charge in [-0.3, -0.25) is 14.4 Å². The molecule has 3 aliphatic rings. The zero-order valence-electron chi connectivity index (χ0n) is 22.4. The Kier molecular flexibility index (Phi) is 6.59. The van der Waals surface area contributed by atoms with Crippen LogP contribution in [-0.4, -0.2) is 75.3 Å². The number of carbonyl (C=O) groups is 1. The number of aromatic nitrogens is 4. The van der Waals surface area contributed by atoms with E-state index in [-0.39, 0.29) is 5.95 Å². The Morgan fingerprint density at radius 2 is 2.00 bits per heavy atom. The number of fused-ring (bicyclic) bond motifs is 1. The smallest absolute Gasteiger partial charge is 0.225 e. The molecule has 1 aromatic carbocycles. The van der Waals surface area contributed by atoms with Crippen molar-refractivity contribution < 1.29 is 9.53 Å². The number of unbranched alkanes of at least 4 members (excludes halogenated alkanes) is 1. The molecule has 1 spiro atoms. The summed E-state index contributed by atoms with van der Waals surface area (Å²) in [6.45, 7) is 8.37. The van der Waals surface area contributed by atoms with Crippen molar-refractivity contribution in [2.24, 2.45) is 11.3 Å². The molecule has 38 heavy (non-hydrogen) atoms. The maximum Gasteiger partial charge on any atom is 0.225 e. The number of methoxy groups -OCH3 is 1. The lowest BCUT2D eigenvalue weighted by Gasteiger charge is -2.61. The highest BCUT2D eigenvalue weighted by Crippen LogP contribution is 2.42. The molecule has 0 radical (unpaired) electrons. The standard InChI is InChI=1S/C28H38N8O2/c1-3-4-10-30-25-24-22(32-27(29)33-25)12-31-36(24)14-21-11-19(8-9-23(21)38-2)13-34-15-28(16-34)17-35(18-28)26(37)20-6-5-7-20/h8-9,11-12,20H,3-7,10,13-18H2,1-2H3,(H3,29,30,32,33). The maximum absolute atomic E-state index is 12.5. The van der Waals surface area contributed by atoms with E-state index in [1.54, 1.807) is 13.3 Å². The van der Waals surface area contributed by atoms with E-state index in [0.717, 1.165) is 87.3 Å². The van der Waals surface area contributed by atoms with E-state index < -0.39 is 0 Å². The van der Waals surface area contributed by atoms with Gasteiger partial charge in [0.2, 0.25) is 11.9 Å². The van der Waals surface area contributed by atoms with Crippen molar-refractivity contribution in [2.45, 2.75) is 52.1 Å². The first-order valence-corrected chi connectivity index (χ1v) is 13.9. The summed E-state index contributed by atoms with van der Waals surface area (Å²) in [6, 6.07) is 6.40. The number of benzene rings is 1. The van der Waals surface area contributed by atoms with Gasteiger partial charge in [0.15, 0.2) is 5.82 Å². The van der Waals surface area contributed by atoms with Crippen molar-refractivity contribution in [3.8, 4) is 5.75 Å². The highest BCUT2D eigenvalue weighted by molar-refractivity contribution is 5.86. The summed E-state index contributed by atoms with van der Waals surface area (Å²) in [5, 5.41) is 8.03. The Bertz CT molecular complexity index is 1320. The fraction of sp³-hybridized carbons (Fsp3) is 0.571. The molecule has 0 unspecified atom stereocenters. The number of nitrogens with one attached hydrogen (secondary N) is 1. The number of amides is 1. The molecule has 10 nitrogen and oxygen atoms in total. The molecule has 1 aliphatic carbocycles. The maximum atomic E-state index is 12.5. The van der Waals surface area contributed by atoms with Crippen molar-refractivity contribution in [2.75, 3.05) is 50.9 Å². The average molecular weight is 519 g/mol. The Morgan fingerprint density at radius 3 is 2.71 bits per heavy atom. The van der Waals surface area contributed by atoms with E-state index in [4.69, 9.17) is 10.5 Å². The second-order valence-electron chi connectivity index (χ2n) is 11.4. The number of hydrogen-bond acceptors (Lipinski definition) is 8. The minimum atomic E-state index is 0.241. The number of nitrogen functional groups attached to an aromatic ring is 1. The first kappa shape index (κ1) is 24.9. The van der Waals surface area contributed by atoms with Crippen LogP contribution in [0.1, 0.15) is 50.2 Å². The first-order valence-electron chi connectivity index (χ1n) is 13.9. The molecule has 3 aromatic rings. The molecule has 1 amide bonds. The summed E-state index contributed by atoms with van der Waals surface area (Å²) in [4.78, 5) is 25.9. The average Bonchev–Trinajstić information content (AvgIpc) is 3.21. The van der Waals surface area contributed by atoms with Gasteiger partial charge in [0.1, 0.15) is 16.8 Å². The summed E-state index contributed by atoms with van der Waals surface area (Å²) < 4.78 is 7.63. The second-order valence-corrected chi connectivity index (χ2v) is 11.4. The van der Waals surface area contributed by atoms with Crippen LogP contribution >= 0.6 is 0 Å². The highest BCUT2D eigenvalue weighted by atomic mass is 16.5. The quantitative estimate of drug-likeness (QED) is 0.394. The number of carbonyl (C=O) groups excluding carboxylic acids is 1. The van der Waals surface area contributed by atoms with E-state index in [9.17, 15) is 4.79 Å². The van der Waals surface area contributed by atoms with Gasteiger partial charge in [-0.15, -0.1) is 0 Å². The van der Waals surface area contributed by atoms with Crippen LogP contribution < -0.4 is 15.8 Å². The molecule has 2 saturated heterocycles. The topological polar surface area (TPSA) is 114 Å². The molecule has 3 fully saturated rings. The molecule has 2 aliphatic heterocycles. The molecule has 3 N–H and O–H groups in total. The summed E-state index contributed by atoms with van der Waals surface area (Å²) >= 11 is 0. The van der Waals surface area contributed by atoms with Crippen LogP contribution in [0.4, 0.5) is 11.8 Å². The van der Waals surface area contributed by atoms with Crippen LogP contribution in [0, 0.1) is 11.3 Å². The zero-order chi connectivity index (χ0) is 26.3. The third-order valence-corrected chi connectivity index (χ3v) is 8.34. The molecule has 10 heteroatoms. The number of hydrogen-bond donors (Lipinski definition) is 2. The van der Waals surface area contributed by atoms with Crippen LogP contribution in [0.3, 0.4) is 0 Å². The number of likely N-dealkylation sites (tertiary alicyclic amines) is 2. The summed E-state index contributed by atoms with van der Waals surface area (Å²) in [6.07, 6.45) is 7.26. The minimum Gasteiger partial charge on any atom is -0.496 e. The van der Waals surface area contributed by atoms with E-state index in [1.165, 1.54) is 12.0 Å². The lowest BCUT2D eigenvalue weighted by Crippen LogP contribution is -2.73. The van der Waals surface area contributed by atoms with Crippen molar-refractivity contribution in [3.05, 3.63) is 35.5 Å². The third-order valence-electron chi connectivity index (χ3n) is 8.34. The fourth-order valence-corrected chi connectivity index (χ4v) is 6.16. The van der Waals surface area contributed by atoms with Crippen LogP contribution in [0.5, 0.6) is 5.75 Å². The summed E-state index contributed by atoms with van der Waals surface area (Å²) in [5.41, 5.74) is 10.1. The lowest BCUT2D eigenvalue weighted by atomic mass is 9.71. The van der Waals surface area contributed by atoms with Gasteiger partial charge in [-0.05, 0) is 37.0 Å². The molecule has 0 bridgehead atoms. The number of ether oxygens (including phenoxy) is 1. The van der Waals surface area contributed by atoms with Gasteiger partial charge in [-0.25, -0.2) is 4.98 Å². The molecule has 202 valence electrons. The van der Waals surface area contributed by atoms with Gasteiger partial charge < -0.3 is 20.7 Å². The van der Waals surface area contributed by atoms with Gasteiger partial charge in [0.25, 0.3) is 0 Å². The predicted octanol–water partition coefficient (Wildman–Crippen LogP) is 3.12. The minimum absolute atomic E-state index is 0.241.